The van der Waals surface area contributed by atoms with Crippen molar-refractivity contribution in [1.82, 2.24) is 24.5 Å². The SMILES string of the molecule is Cc1ccc(C(=O)Nc2ccc(-n3ccnc3C)cc2C(F)(F)F)cc1Nc1nccc(-c2cccnc2)n1. The molecule has 2 aromatic carbocycles. The number of anilines is 3. The number of aryl methyl sites for hydroxylation is 2. The molecule has 0 aliphatic rings. The number of rotatable bonds is 6. The van der Waals surface area contributed by atoms with Gasteiger partial charge in [-0.25, -0.2) is 15.0 Å². The van der Waals surface area contributed by atoms with Crippen LogP contribution in [0.25, 0.3) is 16.9 Å². The molecule has 5 aromatic rings. The molecule has 0 saturated heterocycles. The summed E-state index contributed by atoms with van der Waals surface area (Å²) < 4.78 is 43.3. The van der Waals surface area contributed by atoms with Crippen LogP contribution in [0.4, 0.5) is 30.5 Å². The predicted molar refractivity (Wildman–Crippen MR) is 141 cm³/mol. The van der Waals surface area contributed by atoms with E-state index >= 15 is 0 Å². The highest BCUT2D eigenvalue weighted by Gasteiger charge is 2.34. The van der Waals surface area contributed by atoms with E-state index in [-0.39, 0.29) is 16.9 Å². The van der Waals surface area contributed by atoms with Gasteiger partial charge in [0.1, 0.15) is 5.82 Å². The molecule has 1 amide bonds. The van der Waals surface area contributed by atoms with Crippen molar-refractivity contribution < 1.29 is 18.0 Å². The van der Waals surface area contributed by atoms with Crippen molar-refractivity contribution in [3.63, 3.8) is 0 Å². The molecule has 0 bridgehead atoms. The summed E-state index contributed by atoms with van der Waals surface area (Å²) in [6.07, 6.45) is 3.32. The zero-order valence-electron chi connectivity index (χ0n) is 20.9. The van der Waals surface area contributed by atoms with Crippen LogP contribution >= 0.6 is 0 Å². The van der Waals surface area contributed by atoms with Gasteiger partial charge in [-0.3, -0.25) is 9.78 Å². The fourth-order valence-electron chi connectivity index (χ4n) is 3.98. The molecule has 0 aliphatic carbocycles. The molecule has 196 valence electrons. The van der Waals surface area contributed by atoms with Gasteiger partial charge in [-0.15, -0.1) is 0 Å². The van der Waals surface area contributed by atoms with Crippen LogP contribution in [0.1, 0.15) is 27.3 Å². The molecule has 8 nitrogen and oxygen atoms in total. The molecule has 0 unspecified atom stereocenters. The number of hydrogen-bond acceptors (Lipinski definition) is 6. The molecular weight excluding hydrogens is 507 g/mol. The number of benzene rings is 2. The molecule has 0 spiro atoms. The van der Waals surface area contributed by atoms with Crippen LogP contribution in [0.15, 0.2) is 85.6 Å². The lowest BCUT2D eigenvalue weighted by Gasteiger charge is -2.17. The highest BCUT2D eigenvalue weighted by molar-refractivity contribution is 6.05. The van der Waals surface area contributed by atoms with E-state index in [0.717, 1.165) is 17.2 Å². The molecule has 0 aliphatic heterocycles. The second-order valence-electron chi connectivity index (χ2n) is 8.69. The number of nitrogens with one attached hydrogen (secondary N) is 2. The third-order valence-electron chi connectivity index (χ3n) is 6.02. The van der Waals surface area contributed by atoms with Gasteiger partial charge in [0.2, 0.25) is 5.95 Å². The number of imidazole rings is 1. The number of amides is 1. The summed E-state index contributed by atoms with van der Waals surface area (Å²) in [6.45, 7) is 3.51. The zero-order chi connectivity index (χ0) is 27.6. The second kappa shape index (κ2) is 10.4. The van der Waals surface area contributed by atoms with Crippen molar-refractivity contribution in [2.75, 3.05) is 10.6 Å². The minimum absolute atomic E-state index is 0.161. The summed E-state index contributed by atoms with van der Waals surface area (Å²) in [5.41, 5.74) is 1.92. The maximum Gasteiger partial charge on any atom is 0.418 e. The molecule has 0 radical (unpaired) electrons. The van der Waals surface area contributed by atoms with Crippen molar-refractivity contribution >= 4 is 23.2 Å². The maximum atomic E-state index is 13.9. The Morgan fingerprint density at radius 1 is 0.923 bits per heavy atom. The first-order valence-corrected chi connectivity index (χ1v) is 11.8. The van der Waals surface area contributed by atoms with Crippen molar-refractivity contribution in [1.29, 1.82) is 0 Å². The lowest BCUT2D eigenvalue weighted by Crippen LogP contribution is -2.17. The molecule has 5 rings (SSSR count). The average Bonchev–Trinajstić information content (AvgIpc) is 3.36. The fourth-order valence-corrected chi connectivity index (χ4v) is 3.98. The van der Waals surface area contributed by atoms with Gasteiger partial charge in [0.15, 0.2) is 0 Å². The Labute approximate surface area is 221 Å². The molecule has 39 heavy (non-hydrogen) atoms. The summed E-state index contributed by atoms with van der Waals surface area (Å²) in [5, 5.41) is 5.51. The molecule has 0 saturated carbocycles. The molecule has 3 aromatic heterocycles. The van der Waals surface area contributed by atoms with Gasteiger partial charge in [0.05, 0.1) is 16.9 Å². The van der Waals surface area contributed by atoms with Gasteiger partial charge in [-0.1, -0.05) is 6.07 Å². The average molecular weight is 530 g/mol. The largest absolute Gasteiger partial charge is 0.418 e. The number of nitrogens with zero attached hydrogens (tertiary/aromatic N) is 5. The Morgan fingerprint density at radius 2 is 1.77 bits per heavy atom. The van der Waals surface area contributed by atoms with Crippen molar-refractivity contribution in [3.8, 4) is 16.9 Å². The van der Waals surface area contributed by atoms with Crippen molar-refractivity contribution in [2.45, 2.75) is 20.0 Å². The van der Waals surface area contributed by atoms with E-state index in [1.807, 2.05) is 13.0 Å². The monoisotopic (exact) mass is 529 g/mol. The van der Waals surface area contributed by atoms with Gasteiger partial charge in [-0.05, 0) is 67.9 Å². The summed E-state index contributed by atoms with van der Waals surface area (Å²) in [5.74, 6) is 0.136. The summed E-state index contributed by atoms with van der Waals surface area (Å²) >= 11 is 0. The highest BCUT2D eigenvalue weighted by atomic mass is 19.4. The normalized spacial score (nSPS) is 11.3. The van der Waals surface area contributed by atoms with Crippen LogP contribution in [0.3, 0.4) is 0 Å². The van der Waals surface area contributed by atoms with Crippen LogP contribution in [0.2, 0.25) is 0 Å². The lowest BCUT2D eigenvalue weighted by atomic mass is 10.1. The summed E-state index contributed by atoms with van der Waals surface area (Å²) in [6, 6.07) is 13.9. The van der Waals surface area contributed by atoms with Gasteiger partial charge in [-0.2, -0.15) is 13.2 Å². The van der Waals surface area contributed by atoms with Gasteiger partial charge in [0.25, 0.3) is 5.91 Å². The number of alkyl halides is 3. The van der Waals surface area contributed by atoms with Crippen LogP contribution in [-0.4, -0.2) is 30.4 Å². The van der Waals surface area contributed by atoms with E-state index < -0.39 is 17.6 Å². The summed E-state index contributed by atoms with van der Waals surface area (Å²) in [4.78, 5) is 30.0. The highest BCUT2D eigenvalue weighted by Crippen LogP contribution is 2.36. The van der Waals surface area contributed by atoms with E-state index in [4.69, 9.17) is 0 Å². The Bertz CT molecular complexity index is 1650. The number of halogens is 3. The van der Waals surface area contributed by atoms with E-state index in [9.17, 15) is 18.0 Å². The molecule has 0 fully saturated rings. The Hall–Kier alpha value is -5.06. The maximum absolute atomic E-state index is 13.9. The second-order valence-corrected chi connectivity index (χ2v) is 8.69. The first-order chi connectivity index (χ1) is 18.7. The van der Waals surface area contributed by atoms with Crippen molar-refractivity contribution in [2.24, 2.45) is 0 Å². The molecular formula is C28H22F3N7O. The van der Waals surface area contributed by atoms with Gasteiger partial charge >= 0.3 is 6.18 Å². The van der Waals surface area contributed by atoms with E-state index in [0.29, 0.717) is 23.2 Å². The topological polar surface area (TPSA) is 97.6 Å². The number of hydrogen-bond donors (Lipinski definition) is 2. The van der Waals surface area contributed by atoms with Gasteiger partial charge in [0, 0.05) is 53.5 Å². The van der Waals surface area contributed by atoms with E-state index in [1.165, 1.54) is 22.9 Å². The quantitative estimate of drug-likeness (QED) is 0.266. The number of carbonyl (C=O) groups is 1. The van der Waals surface area contributed by atoms with E-state index in [1.54, 1.807) is 62.0 Å². The third kappa shape index (κ3) is 5.61. The zero-order valence-corrected chi connectivity index (χ0v) is 20.9. The number of carbonyl (C=O) groups excluding carboxylic acids is 1. The Kier molecular flexibility index (Phi) is 6.80. The third-order valence-corrected chi connectivity index (χ3v) is 6.02. The molecule has 11 heteroatoms. The minimum Gasteiger partial charge on any atom is -0.324 e. The number of aromatic nitrogens is 5. The molecule has 3 heterocycles. The van der Waals surface area contributed by atoms with E-state index in [2.05, 4.69) is 30.6 Å². The van der Waals surface area contributed by atoms with Crippen LogP contribution < -0.4 is 10.6 Å². The van der Waals surface area contributed by atoms with Crippen LogP contribution in [-0.2, 0) is 6.18 Å². The van der Waals surface area contributed by atoms with Crippen LogP contribution in [0, 0.1) is 13.8 Å². The van der Waals surface area contributed by atoms with Crippen LogP contribution in [0.5, 0.6) is 0 Å². The Balaban J connectivity index is 1.40. The molecule has 2 N–H and O–H groups in total. The lowest BCUT2D eigenvalue weighted by molar-refractivity contribution is -0.136. The number of pyridine rings is 1. The standard InChI is InChI=1S/C28H22F3N7O/c1-17-5-6-19(14-25(17)37-27-34-11-9-23(36-27)20-4-3-10-32-16-20)26(39)35-24-8-7-21(15-22(24)28(29,30)31)38-13-12-33-18(38)2/h3-16H,1-2H3,(H,35,39)(H,34,36,37). The predicted octanol–water partition coefficient (Wildman–Crippen LogP) is 6.36. The first-order valence-electron chi connectivity index (χ1n) is 11.8. The Morgan fingerprint density at radius 3 is 2.49 bits per heavy atom. The summed E-state index contributed by atoms with van der Waals surface area (Å²) in [7, 11) is 0. The fraction of sp³-hybridized carbons (Fsp3) is 0.107. The smallest absolute Gasteiger partial charge is 0.324 e. The first kappa shape index (κ1) is 25.6. The molecule has 0 atom stereocenters. The van der Waals surface area contributed by atoms with Gasteiger partial charge < -0.3 is 15.2 Å². The minimum atomic E-state index is -4.69. The van der Waals surface area contributed by atoms with Crippen molar-refractivity contribution in [3.05, 3.63) is 108 Å².